The Morgan fingerprint density at radius 3 is 1.17 bits per heavy atom. The van der Waals surface area contributed by atoms with Crippen LogP contribution in [0.2, 0.25) is 0 Å². The molecule has 8 nitrogen and oxygen atoms in total. The number of likely N-dealkylation sites (tertiary alicyclic amines) is 2. The number of nitrogens with one attached hydrogen (secondary N) is 2. The minimum atomic E-state index is -4.54. The van der Waals surface area contributed by atoms with Crippen molar-refractivity contribution in [3.8, 4) is 11.5 Å². The van der Waals surface area contributed by atoms with E-state index in [0.717, 1.165) is 37.8 Å². The Labute approximate surface area is 415 Å². The smallest absolute Gasteiger partial charge is 0.419 e. The normalized spacial score (nSPS) is 18.2. The molecule has 382 valence electrons. The topological polar surface area (TPSA) is 74.8 Å². The third-order valence-electron chi connectivity index (χ3n) is 14.6. The van der Waals surface area contributed by atoms with Gasteiger partial charge in [-0.25, -0.2) is 8.78 Å². The number of para-hydroxylation sites is 2. The number of nitrogens with zero attached hydrogens (tertiary/aromatic N) is 4. The third kappa shape index (κ3) is 11.8. The zero-order valence-electron chi connectivity index (χ0n) is 40.4. The molecule has 0 saturated carbocycles. The number of halogens is 8. The maximum Gasteiger partial charge on any atom is 0.419 e. The summed E-state index contributed by atoms with van der Waals surface area (Å²) in [5.41, 5.74) is -2.56. The van der Waals surface area contributed by atoms with Gasteiger partial charge in [0.2, 0.25) is 0 Å². The summed E-state index contributed by atoms with van der Waals surface area (Å²) in [5.74, 6) is -1.28. The Morgan fingerprint density at radius 1 is 0.486 bits per heavy atom. The summed E-state index contributed by atoms with van der Waals surface area (Å²) in [6.07, 6.45) is -2.78. The molecular formula is C56H60F8N6O2. The summed E-state index contributed by atoms with van der Waals surface area (Å²) >= 11 is 0. The van der Waals surface area contributed by atoms with Crippen molar-refractivity contribution in [3.63, 3.8) is 0 Å². The van der Waals surface area contributed by atoms with Crippen LogP contribution in [-0.2, 0) is 23.4 Å². The maximum absolute atomic E-state index is 15.2. The second-order valence-electron chi connectivity index (χ2n) is 19.6. The molecule has 2 aliphatic rings. The van der Waals surface area contributed by atoms with Gasteiger partial charge in [0.1, 0.15) is 47.4 Å². The molecule has 2 saturated heterocycles. The standard InChI is InChI=1S/C56H60F8N6O2/c1-51(25-31-69(32-26-51)35-37-71-47-13-5-3-11-45(47)55(59,60)61)39-67-53(49-15-7-9-29-65-49,41-17-21-43(57)22-18-41)54(50-16-8-10-30-66-50,42-19-23-44(58)24-20-42)68-40-52(2)27-33-70(34-28-52)36-38-72-48-14-6-4-12-46(48)56(62,63)64/h3-24,29-30,67-68H,25-28,31-40H2,1-2H3/t53-,54?/m0/s1. The van der Waals surface area contributed by atoms with Crippen molar-refractivity contribution in [1.29, 1.82) is 0 Å². The van der Waals surface area contributed by atoms with Gasteiger partial charge in [-0.3, -0.25) is 30.4 Å². The molecule has 4 heterocycles. The van der Waals surface area contributed by atoms with Crippen LogP contribution in [0.1, 0.15) is 73.2 Å². The highest BCUT2D eigenvalue weighted by atomic mass is 19.4. The van der Waals surface area contributed by atoms with E-state index >= 15 is 8.78 Å². The molecular weight excluding hydrogens is 941 g/mol. The monoisotopic (exact) mass is 1000 g/mol. The van der Waals surface area contributed by atoms with Crippen molar-refractivity contribution < 1.29 is 44.6 Å². The molecule has 2 aromatic heterocycles. The molecule has 0 radical (unpaired) electrons. The number of alkyl halides is 6. The fourth-order valence-electron chi connectivity index (χ4n) is 10.2. The average Bonchev–Trinajstić information content (AvgIpc) is 3.37. The Kier molecular flexibility index (Phi) is 16.0. The number of rotatable bonds is 19. The predicted molar refractivity (Wildman–Crippen MR) is 260 cm³/mol. The van der Waals surface area contributed by atoms with E-state index in [0.29, 0.717) is 74.9 Å². The molecule has 1 unspecified atom stereocenters. The van der Waals surface area contributed by atoms with E-state index in [1.165, 1.54) is 60.7 Å². The quantitative estimate of drug-likeness (QED) is 0.0778. The lowest BCUT2D eigenvalue weighted by Gasteiger charge is -2.54. The molecule has 2 fully saturated rings. The number of hydrogen-bond acceptors (Lipinski definition) is 8. The van der Waals surface area contributed by atoms with Crippen LogP contribution >= 0.6 is 0 Å². The van der Waals surface area contributed by atoms with Gasteiger partial charge in [-0.15, -0.1) is 0 Å². The Bertz CT molecular complexity index is 2480. The first-order valence-corrected chi connectivity index (χ1v) is 24.3. The number of ether oxygens (including phenoxy) is 2. The summed E-state index contributed by atoms with van der Waals surface area (Å²) in [6, 6.07) is 34.4. The third-order valence-corrected chi connectivity index (χ3v) is 14.6. The molecule has 4 aromatic carbocycles. The largest absolute Gasteiger partial charge is 0.492 e. The molecule has 0 bridgehead atoms. The first kappa shape index (κ1) is 52.4. The second kappa shape index (κ2) is 22.0. The van der Waals surface area contributed by atoms with E-state index in [1.54, 1.807) is 36.7 Å². The number of pyridine rings is 2. The van der Waals surface area contributed by atoms with Crippen LogP contribution in [0.15, 0.2) is 146 Å². The van der Waals surface area contributed by atoms with Gasteiger partial charge in [-0.2, -0.15) is 26.3 Å². The van der Waals surface area contributed by atoms with Crippen molar-refractivity contribution in [2.75, 3.05) is 65.6 Å². The van der Waals surface area contributed by atoms with Gasteiger partial charge in [-0.05, 0) is 147 Å². The first-order valence-electron chi connectivity index (χ1n) is 24.3. The van der Waals surface area contributed by atoms with Gasteiger partial charge in [0.15, 0.2) is 0 Å². The Morgan fingerprint density at radius 2 is 0.833 bits per heavy atom. The maximum atomic E-state index is 15.2. The molecule has 0 amide bonds. The number of piperidine rings is 2. The first-order chi connectivity index (χ1) is 34.4. The Balaban J connectivity index is 1.10. The molecule has 72 heavy (non-hydrogen) atoms. The minimum Gasteiger partial charge on any atom is -0.492 e. The van der Waals surface area contributed by atoms with E-state index in [4.69, 9.17) is 19.4 Å². The zero-order chi connectivity index (χ0) is 51.0. The molecule has 2 aliphatic heterocycles. The fourth-order valence-corrected chi connectivity index (χ4v) is 10.2. The molecule has 6 aromatic rings. The summed E-state index contributed by atoms with van der Waals surface area (Å²) in [4.78, 5) is 14.5. The van der Waals surface area contributed by atoms with Crippen LogP contribution in [0.3, 0.4) is 0 Å². The van der Waals surface area contributed by atoms with E-state index < -0.39 is 46.2 Å². The van der Waals surface area contributed by atoms with Crippen molar-refractivity contribution in [2.45, 2.75) is 63.0 Å². The van der Waals surface area contributed by atoms with Crippen LogP contribution in [0.25, 0.3) is 0 Å². The highest BCUT2D eigenvalue weighted by Gasteiger charge is 2.59. The van der Waals surface area contributed by atoms with E-state index in [9.17, 15) is 26.3 Å². The van der Waals surface area contributed by atoms with Crippen LogP contribution in [0, 0.1) is 22.5 Å². The summed E-state index contributed by atoms with van der Waals surface area (Å²) < 4.78 is 124. The molecule has 8 rings (SSSR count). The average molecular weight is 1000 g/mol. The number of aromatic nitrogens is 2. The van der Waals surface area contributed by atoms with Crippen LogP contribution < -0.4 is 20.1 Å². The van der Waals surface area contributed by atoms with Gasteiger partial charge >= 0.3 is 12.4 Å². The fraction of sp³-hybridized carbons (Fsp3) is 0.393. The lowest BCUT2D eigenvalue weighted by molar-refractivity contribution is -0.139. The molecule has 2 atom stereocenters. The molecule has 0 spiro atoms. The van der Waals surface area contributed by atoms with E-state index in [2.05, 4.69) is 34.3 Å². The SMILES string of the molecule is CC1(CNC(c2ccc(F)cc2)(c2ccccn2)[C@](NCC2(C)CCN(CCOc3ccccc3C(F)(F)F)CC2)(c2ccc(F)cc2)c2ccccn2)CCN(CCOc2ccccc2C(F)(F)F)CC1. The molecule has 0 aliphatic carbocycles. The predicted octanol–water partition coefficient (Wildman–Crippen LogP) is 11.5. The summed E-state index contributed by atoms with van der Waals surface area (Å²) in [6.45, 7) is 8.87. The van der Waals surface area contributed by atoms with E-state index in [-0.39, 0.29) is 35.5 Å². The highest BCUT2D eigenvalue weighted by Crippen LogP contribution is 2.51. The van der Waals surface area contributed by atoms with E-state index in [1.807, 2.05) is 36.4 Å². The molecule has 2 N–H and O–H groups in total. The lowest BCUT2D eigenvalue weighted by Crippen LogP contribution is -2.69. The van der Waals surface area contributed by atoms with Crippen molar-refractivity contribution >= 4 is 0 Å². The Hall–Kier alpha value is -5.94. The van der Waals surface area contributed by atoms with Gasteiger partial charge in [0, 0.05) is 38.6 Å². The van der Waals surface area contributed by atoms with Crippen molar-refractivity contribution in [3.05, 3.63) is 191 Å². The van der Waals surface area contributed by atoms with Gasteiger partial charge in [0.05, 0.1) is 22.5 Å². The van der Waals surface area contributed by atoms with Crippen LogP contribution in [0.5, 0.6) is 11.5 Å². The van der Waals surface area contributed by atoms with Crippen LogP contribution in [-0.4, -0.2) is 85.3 Å². The van der Waals surface area contributed by atoms with Gasteiger partial charge in [0.25, 0.3) is 0 Å². The number of benzene rings is 4. The van der Waals surface area contributed by atoms with Gasteiger partial charge < -0.3 is 9.47 Å². The minimum absolute atomic E-state index is 0.0805. The van der Waals surface area contributed by atoms with Crippen LogP contribution in [0.4, 0.5) is 35.1 Å². The van der Waals surface area contributed by atoms with Crippen molar-refractivity contribution in [1.82, 2.24) is 30.4 Å². The van der Waals surface area contributed by atoms with Crippen molar-refractivity contribution in [2.24, 2.45) is 10.8 Å². The zero-order valence-corrected chi connectivity index (χ0v) is 40.4. The summed E-state index contributed by atoms with van der Waals surface area (Å²) in [5, 5.41) is 8.16. The van der Waals surface area contributed by atoms with Gasteiger partial charge in [-0.1, -0.05) is 74.5 Å². The number of hydrogen-bond donors (Lipinski definition) is 2. The molecule has 16 heteroatoms. The lowest BCUT2D eigenvalue weighted by atomic mass is 9.63. The second-order valence-corrected chi connectivity index (χ2v) is 19.6. The highest BCUT2D eigenvalue weighted by molar-refractivity contribution is 5.51. The summed E-state index contributed by atoms with van der Waals surface area (Å²) in [7, 11) is 0.